The molecular formula is C21H21N5O3. The normalized spacial score (nSPS) is 14.5. The molecule has 8 nitrogen and oxygen atoms in total. The van der Waals surface area contributed by atoms with Crippen LogP contribution in [0.3, 0.4) is 0 Å². The van der Waals surface area contributed by atoms with Crippen molar-refractivity contribution in [1.82, 2.24) is 20.8 Å². The Morgan fingerprint density at radius 1 is 1.03 bits per heavy atom. The molecule has 1 fully saturated rings. The number of aromatic nitrogens is 2. The SMILES string of the molecule is O=C(NO)c1cnc2ccc(-c3ccnc(NC(=O)C4CCNCC4)c3)cc2c1. The van der Waals surface area contributed by atoms with E-state index in [-0.39, 0.29) is 17.4 Å². The predicted octanol–water partition coefficient (Wildman–Crippen LogP) is 2.35. The van der Waals surface area contributed by atoms with Crippen LogP contribution in [0.4, 0.5) is 5.82 Å². The zero-order valence-corrected chi connectivity index (χ0v) is 15.7. The number of rotatable bonds is 4. The molecule has 2 amide bonds. The summed E-state index contributed by atoms with van der Waals surface area (Å²) in [5, 5.41) is 15.8. The minimum Gasteiger partial charge on any atom is -0.317 e. The van der Waals surface area contributed by atoms with Gasteiger partial charge in [-0.15, -0.1) is 0 Å². The van der Waals surface area contributed by atoms with Crippen molar-refractivity contribution < 1.29 is 14.8 Å². The second-order valence-electron chi connectivity index (χ2n) is 7.02. The number of carbonyl (C=O) groups excluding carboxylic acids is 2. The van der Waals surface area contributed by atoms with Crippen molar-refractivity contribution in [1.29, 1.82) is 0 Å². The Balaban J connectivity index is 1.59. The van der Waals surface area contributed by atoms with E-state index in [0.717, 1.165) is 48.0 Å². The Kier molecular flexibility index (Phi) is 5.46. The second kappa shape index (κ2) is 8.34. The summed E-state index contributed by atoms with van der Waals surface area (Å²) >= 11 is 0. The van der Waals surface area contributed by atoms with Crippen LogP contribution < -0.4 is 16.1 Å². The lowest BCUT2D eigenvalue weighted by atomic mass is 9.97. The van der Waals surface area contributed by atoms with Crippen LogP contribution in [0.5, 0.6) is 0 Å². The summed E-state index contributed by atoms with van der Waals surface area (Å²) < 4.78 is 0. The Bertz CT molecular complexity index is 1060. The molecule has 1 aliphatic rings. The zero-order valence-electron chi connectivity index (χ0n) is 15.7. The molecular weight excluding hydrogens is 370 g/mol. The summed E-state index contributed by atoms with van der Waals surface area (Å²) in [6.45, 7) is 1.71. The topological polar surface area (TPSA) is 116 Å². The summed E-state index contributed by atoms with van der Waals surface area (Å²) in [7, 11) is 0. The highest BCUT2D eigenvalue weighted by Gasteiger charge is 2.21. The van der Waals surface area contributed by atoms with Gasteiger partial charge in [0.1, 0.15) is 5.82 Å². The molecule has 0 saturated carbocycles. The smallest absolute Gasteiger partial charge is 0.276 e. The van der Waals surface area contributed by atoms with Gasteiger partial charge in [0.15, 0.2) is 0 Å². The first-order valence-electron chi connectivity index (χ1n) is 9.46. The summed E-state index contributed by atoms with van der Waals surface area (Å²) in [5.41, 5.74) is 4.40. The van der Waals surface area contributed by atoms with Crippen molar-refractivity contribution in [2.75, 3.05) is 18.4 Å². The van der Waals surface area contributed by atoms with Crippen molar-refractivity contribution in [2.45, 2.75) is 12.8 Å². The number of nitrogens with zero attached hydrogens (tertiary/aromatic N) is 2. The lowest BCUT2D eigenvalue weighted by Crippen LogP contribution is -2.34. The van der Waals surface area contributed by atoms with Gasteiger partial charge in [0, 0.05) is 23.7 Å². The van der Waals surface area contributed by atoms with Crippen LogP contribution in [0.2, 0.25) is 0 Å². The summed E-state index contributed by atoms with van der Waals surface area (Å²) in [6, 6.07) is 11.0. The summed E-state index contributed by atoms with van der Waals surface area (Å²) in [4.78, 5) is 32.6. The minimum atomic E-state index is -0.614. The molecule has 4 rings (SSSR count). The number of piperidine rings is 1. The Morgan fingerprint density at radius 3 is 2.62 bits per heavy atom. The standard InChI is InChI=1S/C21H21N5O3/c27-20(13-3-6-22-7-4-13)25-19-11-15(5-8-23-19)14-1-2-18-16(9-14)10-17(12-24-18)21(28)26-29/h1-2,5,8-13,22,29H,3-4,6-7H2,(H,26,28)(H,23,25,27). The molecule has 0 unspecified atom stereocenters. The third-order valence-corrected chi connectivity index (χ3v) is 5.10. The third kappa shape index (κ3) is 4.23. The molecule has 29 heavy (non-hydrogen) atoms. The van der Waals surface area contributed by atoms with Crippen LogP contribution in [-0.2, 0) is 4.79 Å². The van der Waals surface area contributed by atoms with Crippen molar-refractivity contribution in [2.24, 2.45) is 5.92 Å². The number of amides is 2. The third-order valence-electron chi connectivity index (χ3n) is 5.10. The van der Waals surface area contributed by atoms with Crippen molar-refractivity contribution in [3.8, 4) is 11.1 Å². The fraction of sp³-hybridized carbons (Fsp3) is 0.238. The van der Waals surface area contributed by atoms with E-state index in [1.54, 1.807) is 17.7 Å². The molecule has 2 aromatic heterocycles. The van der Waals surface area contributed by atoms with Gasteiger partial charge in [0.25, 0.3) is 5.91 Å². The Hall–Kier alpha value is -3.36. The zero-order chi connectivity index (χ0) is 20.2. The fourth-order valence-electron chi connectivity index (χ4n) is 3.49. The van der Waals surface area contributed by atoms with E-state index in [9.17, 15) is 9.59 Å². The van der Waals surface area contributed by atoms with E-state index < -0.39 is 5.91 Å². The second-order valence-corrected chi connectivity index (χ2v) is 7.02. The van der Waals surface area contributed by atoms with Crippen LogP contribution >= 0.6 is 0 Å². The number of hydrogen-bond donors (Lipinski definition) is 4. The molecule has 4 N–H and O–H groups in total. The molecule has 0 radical (unpaired) electrons. The van der Waals surface area contributed by atoms with Gasteiger partial charge in [-0.2, -0.15) is 0 Å². The molecule has 1 aromatic carbocycles. The fourth-order valence-corrected chi connectivity index (χ4v) is 3.49. The highest BCUT2D eigenvalue weighted by Crippen LogP contribution is 2.26. The maximum absolute atomic E-state index is 12.5. The number of anilines is 1. The summed E-state index contributed by atoms with van der Waals surface area (Å²) in [5.74, 6) is -0.0997. The maximum atomic E-state index is 12.5. The number of fused-ring (bicyclic) bond motifs is 1. The summed E-state index contributed by atoms with van der Waals surface area (Å²) in [6.07, 6.45) is 4.72. The van der Waals surface area contributed by atoms with E-state index in [4.69, 9.17) is 5.21 Å². The van der Waals surface area contributed by atoms with E-state index in [1.165, 1.54) is 6.20 Å². The molecule has 1 saturated heterocycles. The lowest BCUT2D eigenvalue weighted by molar-refractivity contribution is -0.120. The Labute approximate surface area is 167 Å². The quantitative estimate of drug-likeness (QED) is 0.401. The van der Waals surface area contributed by atoms with Crippen LogP contribution in [0.25, 0.3) is 22.0 Å². The van der Waals surface area contributed by atoms with Gasteiger partial charge in [0.2, 0.25) is 5.91 Å². The Morgan fingerprint density at radius 2 is 1.83 bits per heavy atom. The number of hydroxylamine groups is 1. The van der Waals surface area contributed by atoms with E-state index in [2.05, 4.69) is 20.6 Å². The van der Waals surface area contributed by atoms with Crippen LogP contribution in [-0.4, -0.2) is 40.1 Å². The van der Waals surface area contributed by atoms with Crippen LogP contribution in [0.1, 0.15) is 23.2 Å². The molecule has 0 atom stereocenters. The van der Waals surface area contributed by atoms with E-state index in [0.29, 0.717) is 5.82 Å². The van der Waals surface area contributed by atoms with Gasteiger partial charge < -0.3 is 10.6 Å². The van der Waals surface area contributed by atoms with Crippen LogP contribution in [0, 0.1) is 5.92 Å². The maximum Gasteiger partial charge on any atom is 0.276 e. The van der Waals surface area contributed by atoms with E-state index in [1.807, 2.05) is 30.3 Å². The van der Waals surface area contributed by atoms with Gasteiger partial charge >= 0.3 is 0 Å². The number of hydrogen-bond acceptors (Lipinski definition) is 6. The first-order chi connectivity index (χ1) is 14.1. The molecule has 0 spiro atoms. The monoisotopic (exact) mass is 391 g/mol. The minimum absolute atomic E-state index is 0.00137. The molecule has 3 aromatic rings. The van der Waals surface area contributed by atoms with Gasteiger partial charge in [-0.3, -0.25) is 19.8 Å². The van der Waals surface area contributed by atoms with Gasteiger partial charge in [-0.25, -0.2) is 10.5 Å². The first-order valence-corrected chi connectivity index (χ1v) is 9.46. The lowest BCUT2D eigenvalue weighted by Gasteiger charge is -2.21. The average molecular weight is 391 g/mol. The number of benzene rings is 1. The number of nitrogens with one attached hydrogen (secondary N) is 3. The number of pyridine rings is 2. The predicted molar refractivity (Wildman–Crippen MR) is 108 cm³/mol. The average Bonchev–Trinajstić information content (AvgIpc) is 2.78. The highest BCUT2D eigenvalue weighted by molar-refractivity contribution is 5.97. The van der Waals surface area contributed by atoms with Gasteiger partial charge in [0.05, 0.1) is 11.1 Å². The van der Waals surface area contributed by atoms with Crippen molar-refractivity contribution >= 4 is 28.5 Å². The number of carbonyl (C=O) groups is 2. The highest BCUT2D eigenvalue weighted by atomic mass is 16.5. The molecule has 3 heterocycles. The molecule has 8 heteroatoms. The van der Waals surface area contributed by atoms with E-state index >= 15 is 0 Å². The molecule has 148 valence electrons. The van der Waals surface area contributed by atoms with Gasteiger partial charge in [-0.05, 0) is 67.4 Å². The van der Waals surface area contributed by atoms with Crippen molar-refractivity contribution in [3.63, 3.8) is 0 Å². The van der Waals surface area contributed by atoms with Gasteiger partial charge in [-0.1, -0.05) is 6.07 Å². The molecule has 1 aliphatic heterocycles. The van der Waals surface area contributed by atoms with Crippen LogP contribution in [0.15, 0.2) is 48.8 Å². The molecule has 0 bridgehead atoms. The first kappa shape index (κ1) is 19.0. The van der Waals surface area contributed by atoms with Crippen molar-refractivity contribution in [3.05, 3.63) is 54.4 Å². The molecule has 0 aliphatic carbocycles. The largest absolute Gasteiger partial charge is 0.317 e.